The van der Waals surface area contributed by atoms with Gasteiger partial charge in [-0.3, -0.25) is 10.1 Å². The summed E-state index contributed by atoms with van der Waals surface area (Å²) in [6.45, 7) is 0. The number of aromatic amines is 1. The Hall–Kier alpha value is -2.98. The lowest BCUT2D eigenvalue weighted by Gasteiger charge is -2.11. The molecule has 0 saturated heterocycles. The summed E-state index contributed by atoms with van der Waals surface area (Å²) in [5.41, 5.74) is -3.76. The van der Waals surface area contributed by atoms with Gasteiger partial charge in [-0.25, -0.2) is 9.97 Å². The Balaban J connectivity index is 2.23. The molecule has 0 aliphatic heterocycles. The minimum Gasteiger partial charge on any atom is -0.284 e. The summed E-state index contributed by atoms with van der Waals surface area (Å²) in [5.74, 6) is -0.396. The van der Waals surface area contributed by atoms with Gasteiger partial charge in [-0.05, 0) is 18.2 Å². The Kier molecular flexibility index (Phi) is 3.93. The zero-order chi connectivity index (χ0) is 18.2. The first-order valence-corrected chi connectivity index (χ1v) is 6.64. The molecule has 3 aromatic heterocycles. The van der Waals surface area contributed by atoms with E-state index in [0.29, 0.717) is 6.07 Å². The van der Waals surface area contributed by atoms with Crippen LogP contribution in [-0.4, -0.2) is 25.1 Å². The van der Waals surface area contributed by atoms with Gasteiger partial charge in [-0.2, -0.15) is 31.4 Å². The van der Waals surface area contributed by atoms with Crippen LogP contribution in [0, 0.1) is 0 Å². The van der Waals surface area contributed by atoms with Gasteiger partial charge in [0.15, 0.2) is 11.5 Å². The summed E-state index contributed by atoms with van der Waals surface area (Å²) >= 11 is 0. The zero-order valence-electron chi connectivity index (χ0n) is 12.0. The van der Waals surface area contributed by atoms with Gasteiger partial charge in [0, 0.05) is 24.2 Å². The van der Waals surface area contributed by atoms with Crippen molar-refractivity contribution in [1.29, 1.82) is 0 Å². The quantitative estimate of drug-likeness (QED) is 0.703. The van der Waals surface area contributed by atoms with Crippen molar-refractivity contribution in [2.75, 3.05) is 0 Å². The van der Waals surface area contributed by atoms with Crippen LogP contribution in [0.4, 0.5) is 26.3 Å². The topological polar surface area (TPSA) is 67.3 Å². The predicted molar refractivity (Wildman–Crippen MR) is 72.8 cm³/mol. The third-order valence-electron chi connectivity index (χ3n) is 3.12. The molecule has 0 aliphatic carbocycles. The fraction of sp³-hybridized carbons (Fsp3) is 0.143. The van der Waals surface area contributed by atoms with Crippen molar-refractivity contribution < 1.29 is 26.3 Å². The van der Waals surface area contributed by atoms with E-state index in [1.54, 1.807) is 0 Å². The normalized spacial score (nSPS) is 12.4. The van der Waals surface area contributed by atoms with Crippen LogP contribution >= 0.6 is 0 Å². The molecule has 0 saturated carbocycles. The van der Waals surface area contributed by atoms with Gasteiger partial charge in [0.2, 0.25) is 0 Å². The highest BCUT2D eigenvalue weighted by Crippen LogP contribution is 2.37. The first-order valence-electron chi connectivity index (χ1n) is 6.64. The molecule has 0 radical (unpaired) electrons. The third kappa shape index (κ3) is 3.44. The summed E-state index contributed by atoms with van der Waals surface area (Å²) in [5, 5.41) is 5.05. The lowest BCUT2D eigenvalue weighted by atomic mass is 10.1. The van der Waals surface area contributed by atoms with Crippen molar-refractivity contribution in [3.63, 3.8) is 0 Å². The molecule has 0 aliphatic rings. The van der Waals surface area contributed by atoms with Gasteiger partial charge < -0.3 is 0 Å². The summed E-state index contributed by atoms with van der Waals surface area (Å²) in [6.07, 6.45) is -6.29. The molecule has 0 bridgehead atoms. The highest BCUT2D eigenvalue weighted by molar-refractivity contribution is 5.65. The average Bonchev–Trinajstić information content (AvgIpc) is 3.04. The van der Waals surface area contributed by atoms with Crippen LogP contribution in [0.25, 0.3) is 22.6 Å². The van der Waals surface area contributed by atoms with Gasteiger partial charge in [0.1, 0.15) is 5.69 Å². The van der Waals surface area contributed by atoms with Gasteiger partial charge in [0.25, 0.3) is 0 Å². The first-order chi connectivity index (χ1) is 11.7. The highest BCUT2D eigenvalue weighted by Gasteiger charge is 2.39. The maximum Gasteiger partial charge on any atom is 0.435 e. The predicted octanol–water partition coefficient (Wildman–Crippen LogP) is 3.97. The Morgan fingerprint density at radius 1 is 0.960 bits per heavy atom. The highest BCUT2D eigenvalue weighted by atomic mass is 19.4. The zero-order valence-corrected chi connectivity index (χ0v) is 12.0. The Morgan fingerprint density at radius 2 is 1.72 bits per heavy atom. The second-order valence-corrected chi connectivity index (χ2v) is 4.85. The number of pyridine rings is 1. The number of hydrogen-bond donors (Lipinski definition) is 1. The van der Waals surface area contributed by atoms with Gasteiger partial charge in [0.05, 0.1) is 11.3 Å². The number of nitrogens with zero attached hydrogens (tertiary/aromatic N) is 4. The van der Waals surface area contributed by atoms with Crippen LogP contribution < -0.4 is 0 Å². The van der Waals surface area contributed by atoms with E-state index >= 15 is 0 Å². The number of rotatable bonds is 2. The van der Waals surface area contributed by atoms with E-state index in [-0.39, 0.29) is 5.56 Å². The number of nitrogens with one attached hydrogen (secondary N) is 1. The van der Waals surface area contributed by atoms with Crippen molar-refractivity contribution in [3.8, 4) is 22.6 Å². The Labute approximate surface area is 135 Å². The maximum atomic E-state index is 13.1. The van der Waals surface area contributed by atoms with Crippen molar-refractivity contribution in [2.45, 2.75) is 12.4 Å². The first kappa shape index (κ1) is 16.9. The minimum absolute atomic E-state index is 0.131. The molecule has 130 valence electrons. The smallest absolute Gasteiger partial charge is 0.284 e. The fourth-order valence-electron chi connectivity index (χ4n) is 2.06. The second-order valence-electron chi connectivity index (χ2n) is 4.85. The largest absolute Gasteiger partial charge is 0.435 e. The second kappa shape index (κ2) is 5.83. The monoisotopic (exact) mass is 359 g/mol. The SMILES string of the molecule is FC(F)(F)c1cc(-c2c[nH]nc2C(F)(F)F)nc(-c2cccnc2)n1. The summed E-state index contributed by atoms with van der Waals surface area (Å²) in [4.78, 5) is 11.0. The van der Waals surface area contributed by atoms with E-state index in [1.165, 1.54) is 24.5 Å². The third-order valence-corrected chi connectivity index (χ3v) is 3.12. The van der Waals surface area contributed by atoms with Crippen LogP contribution in [0.3, 0.4) is 0 Å². The number of H-pyrrole nitrogens is 1. The van der Waals surface area contributed by atoms with E-state index in [2.05, 4.69) is 20.1 Å². The molecule has 1 N–H and O–H groups in total. The lowest BCUT2D eigenvalue weighted by molar-refractivity contribution is -0.141. The van der Waals surface area contributed by atoms with Crippen molar-refractivity contribution >= 4 is 0 Å². The van der Waals surface area contributed by atoms with E-state index in [1.807, 2.05) is 5.10 Å². The van der Waals surface area contributed by atoms with Crippen molar-refractivity contribution in [2.24, 2.45) is 0 Å². The molecule has 0 unspecified atom stereocenters. The van der Waals surface area contributed by atoms with E-state index in [9.17, 15) is 26.3 Å². The molecular weight excluding hydrogens is 352 g/mol. The number of alkyl halides is 6. The van der Waals surface area contributed by atoms with Crippen LogP contribution in [0.1, 0.15) is 11.4 Å². The van der Waals surface area contributed by atoms with Crippen LogP contribution in [-0.2, 0) is 12.4 Å². The van der Waals surface area contributed by atoms with Crippen molar-refractivity contribution in [1.82, 2.24) is 25.1 Å². The molecule has 0 fully saturated rings. The fourth-order valence-corrected chi connectivity index (χ4v) is 2.06. The molecule has 3 aromatic rings. The van der Waals surface area contributed by atoms with Crippen LogP contribution in [0.15, 0.2) is 36.8 Å². The van der Waals surface area contributed by atoms with Crippen molar-refractivity contribution in [3.05, 3.63) is 48.2 Å². The van der Waals surface area contributed by atoms with E-state index in [0.717, 1.165) is 6.20 Å². The molecule has 0 spiro atoms. The molecule has 25 heavy (non-hydrogen) atoms. The van der Waals surface area contributed by atoms with Crippen LogP contribution in [0.5, 0.6) is 0 Å². The number of aromatic nitrogens is 5. The van der Waals surface area contributed by atoms with E-state index in [4.69, 9.17) is 0 Å². The van der Waals surface area contributed by atoms with Gasteiger partial charge in [-0.15, -0.1) is 0 Å². The molecule has 0 amide bonds. The minimum atomic E-state index is -4.86. The number of hydrogen-bond acceptors (Lipinski definition) is 4. The maximum absolute atomic E-state index is 13.1. The Bertz CT molecular complexity index is 885. The molecule has 11 heteroatoms. The van der Waals surface area contributed by atoms with Gasteiger partial charge >= 0.3 is 12.4 Å². The lowest BCUT2D eigenvalue weighted by Crippen LogP contribution is -2.12. The average molecular weight is 359 g/mol. The summed E-state index contributed by atoms with van der Waals surface area (Å²) in [7, 11) is 0. The summed E-state index contributed by atoms with van der Waals surface area (Å²) < 4.78 is 78.2. The standard InChI is InChI=1S/C14H7F6N5/c15-13(16,17)10-4-9(8-6-22-25-11(8)14(18,19)20)23-12(24-10)7-2-1-3-21-5-7/h1-6H,(H,22,25). The van der Waals surface area contributed by atoms with Crippen LogP contribution in [0.2, 0.25) is 0 Å². The van der Waals surface area contributed by atoms with E-state index < -0.39 is 40.8 Å². The molecule has 0 atom stereocenters. The Morgan fingerprint density at radius 3 is 2.32 bits per heavy atom. The van der Waals surface area contributed by atoms with Gasteiger partial charge in [-0.1, -0.05) is 0 Å². The molecule has 5 nitrogen and oxygen atoms in total. The summed E-state index contributed by atoms with van der Waals surface area (Å²) in [6, 6.07) is 3.28. The number of halogens is 6. The molecular formula is C14H7F6N5. The molecule has 3 rings (SSSR count). The molecule has 0 aromatic carbocycles. The molecule has 3 heterocycles.